The molecule has 0 amide bonds. The van der Waals surface area contributed by atoms with Crippen molar-refractivity contribution in [3.05, 3.63) is 0 Å². The molecular weight excluding hydrogens is 154 g/mol. The molecule has 0 aromatic heterocycles. The Morgan fingerprint density at radius 3 is 2.50 bits per heavy atom. The molecule has 0 rings (SSSR count). The van der Waals surface area contributed by atoms with Crippen LogP contribution in [0.25, 0.3) is 0 Å². The molecule has 0 saturated heterocycles. The minimum Gasteiger partial charge on any atom is -0.396 e. The predicted molar refractivity (Wildman–Crippen MR) is 50.3 cm³/mol. The quantitative estimate of drug-likeness (QED) is 0.509. The van der Waals surface area contributed by atoms with Crippen molar-refractivity contribution in [1.82, 2.24) is 5.32 Å². The molecule has 0 unspecified atom stereocenters. The predicted octanol–water partition coefficient (Wildman–Crippen LogP) is 0.775. The number of methoxy groups -OCH3 is 1. The lowest BCUT2D eigenvalue weighted by atomic mass is 10.2. The van der Waals surface area contributed by atoms with Crippen molar-refractivity contribution in [2.24, 2.45) is 0 Å². The number of aliphatic hydroxyl groups is 1. The SMILES string of the molecule is COCCCNCCCCCO. The highest BCUT2D eigenvalue weighted by Gasteiger charge is 1.88. The minimum atomic E-state index is 0.323. The van der Waals surface area contributed by atoms with Gasteiger partial charge in [0.25, 0.3) is 0 Å². The number of rotatable bonds is 9. The van der Waals surface area contributed by atoms with Gasteiger partial charge in [0.05, 0.1) is 0 Å². The van der Waals surface area contributed by atoms with Crippen LogP contribution in [-0.2, 0) is 4.74 Å². The Morgan fingerprint density at radius 1 is 1.08 bits per heavy atom. The van der Waals surface area contributed by atoms with Crippen LogP contribution in [0.4, 0.5) is 0 Å². The average molecular weight is 175 g/mol. The molecule has 0 aliphatic heterocycles. The number of aliphatic hydroxyl groups excluding tert-OH is 1. The maximum absolute atomic E-state index is 8.50. The van der Waals surface area contributed by atoms with E-state index in [-0.39, 0.29) is 0 Å². The van der Waals surface area contributed by atoms with Crippen molar-refractivity contribution in [3.63, 3.8) is 0 Å². The summed E-state index contributed by atoms with van der Waals surface area (Å²) in [5.41, 5.74) is 0. The second kappa shape index (κ2) is 10.9. The van der Waals surface area contributed by atoms with Gasteiger partial charge >= 0.3 is 0 Å². The summed E-state index contributed by atoms with van der Waals surface area (Å²) in [4.78, 5) is 0. The normalized spacial score (nSPS) is 10.5. The van der Waals surface area contributed by atoms with E-state index in [9.17, 15) is 0 Å². The van der Waals surface area contributed by atoms with E-state index in [1.54, 1.807) is 7.11 Å². The van der Waals surface area contributed by atoms with Gasteiger partial charge in [0.2, 0.25) is 0 Å². The van der Waals surface area contributed by atoms with E-state index in [1.807, 2.05) is 0 Å². The maximum atomic E-state index is 8.50. The molecule has 0 radical (unpaired) electrons. The first-order valence-corrected chi connectivity index (χ1v) is 4.72. The van der Waals surface area contributed by atoms with Gasteiger partial charge < -0.3 is 15.2 Å². The molecule has 12 heavy (non-hydrogen) atoms. The number of nitrogens with one attached hydrogen (secondary N) is 1. The highest BCUT2D eigenvalue weighted by molar-refractivity contribution is 4.48. The summed E-state index contributed by atoms with van der Waals surface area (Å²) in [6.07, 6.45) is 4.29. The van der Waals surface area contributed by atoms with Crippen LogP contribution >= 0.6 is 0 Å². The van der Waals surface area contributed by atoms with Crippen LogP contribution in [0.5, 0.6) is 0 Å². The first kappa shape index (κ1) is 11.9. The molecule has 0 saturated carbocycles. The van der Waals surface area contributed by atoms with Crippen LogP contribution in [0.15, 0.2) is 0 Å². The fourth-order valence-electron chi connectivity index (χ4n) is 1.01. The standard InChI is InChI=1S/C9H21NO2/c1-12-9-5-7-10-6-3-2-4-8-11/h10-11H,2-9H2,1H3. The summed E-state index contributed by atoms with van der Waals surface area (Å²) in [7, 11) is 1.72. The largest absolute Gasteiger partial charge is 0.396 e. The zero-order valence-corrected chi connectivity index (χ0v) is 8.01. The van der Waals surface area contributed by atoms with Gasteiger partial charge in [-0.1, -0.05) is 0 Å². The molecule has 0 aromatic rings. The molecular formula is C9H21NO2. The van der Waals surface area contributed by atoms with Gasteiger partial charge in [-0.15, -0.1) is 0 Å². The molecule has 0 aromatic carbocycles. The topological polar surface area (TPSA) is 41.5 Å². The van der Waals surface area contributed by atoms with Crippen molar-refractivity contribution >= 4 is 0 Å². The molecule has 0 atom stereocenters. The Hall–Kier alpha value is -0.120. The van der Waals surface area contributed by atoms with Gasteiger partial charge in [0, 0.05) is 20.3 Å². The Bertz CT molecular complexity index is 68.9. The van der Waals surface area contributed by atoms with Gasteiger partial charge in [-0.05, 0) is 38.8 Å². The second-order valence-electron chi connectivity index (χ2n) is 2.88. The molecule has 0 spiro atoms. The molecule has 0 aliphatic carbocycles. The summed E-state index contributed by atoms with van der Waals surface area (Å²) in [6, 6.07) is 0. The molecule has 0 bridgehead atoms. The highest BCUT2D eigenvalue weighted by atomic mass is 16.5. The van der Waals surface area contributed by atoms with Crippen molar-refractivity contribution < 1.29 is 9.84 Å². The van der Waals surface area contributed by atoms with Crippen LogP contribution in [0, 0.1) is 0 Å². The summed E-state index contributed by atoms with van der Waals surface area (Å²) >= 11 is 0. The Kier molecular flexibility index (Phi) is 10.8. The monoisotopic (exact) mass is 175 g/mol. The van der Waals surface area contributed by atoms with E-state index in [0.717, 1.165) is 45.4 Å². The van der Waals surface area contributed by atoms with E-state index in [2.05, 4.69) is 5.32 Å². The highest BCUT2D eigenvalue weighted by Crippen LogP contribution is 1.91. The Morgan fingerprint density at radius 2 is 1.83 bits per heavy atom. The van der Waals surface area contributed by atoms with Crippen LogP contribution in [0.2, 0.25) is 0 Å². The second-order valence-corrected chi connectivity index (χ2v) is 2.88. The van der Waals surface area contributed by atoms with Gasteiger partial charge in [-0.2, -0.15) is 0 Å². The van der Waals surface area contributed by atoms with Gasteiger partial charge in [0.1, 0.15) is 0 Å². The number of hydrogen-bond donors (Lipinski definition) is 2. The molecule has 0 aliphatic rings. The van der Waals surface area contributed by atoms with E-state index in [1.165, 1.54) is 0 Å². The van der Waals surface area contributed by atoms with E-state index < -0.39 is 0 Å². The summed E-state index contributed by atoms with van der Waals surface area (Å²) in [6.45, 7) is 3.25. The van der Waals surface area contributed by atoms with E-state index in [0.29, 0.717) is 6.61 Å². The molecule has 3 nitrogen and oxygen atoms in total. The summed E-state index contributed by atoms with van der Waals surface area (Å²) < 4.78 is 4.91. The van der Waals surface area contributed by atoms with Crippen molar-refractivity contribution in [3.8, 4) is 0 Å². The minimum absolute atomic E-state index is 0.323. The van der Waals surface area contributed by atoms with Crippen LogP contribution in [0.3, 0.4) is 0 Å². The van der Waals surface area contributed by atoms with Crippen molar-refractivity contribution in [2.75, 3.05) is 33.4 Å². The zero-order valence-electron chi connectivity index (χ0n) is 8.01. The fraction of sp³-hybridized carbons (Fsp3) is 1.00. The lowest BCUT2D eigenvalue weighted by Crippen LogP contribution is -2.17. The zero-order chi connectivity index (χ0) is 9.07. The lowest BCUT2D eigenvalue weighted by Gasteiger charge is -2.03. The van der Waals surface area contributed by atoms with Crippen molar-refractivity contribution in [2.45, 2.75) is 25.7 Å². The third-order valence-electron chi connectivity index (χ3n) is 1.71. The Labute approximate surface area is 75.1 Å². The third kappa shape index (κ3) is 9.88. The fourth-order valence-corrected chi connectivity index (χ4v) is 1.01. The maximum Gasteiger partial charge on any atom is 0.0474 e. The van der Waals surface area contributed by atoms with Crippen molar-refractivity contribution in [1.29, 1.82) is 0 Å². The summed E-state index contributed by atoms with van der Waals surface area (Å²) in [5, 5.41) is 11.8. The molecule has 2 N–H and O–H groups in total. The first-order valence-electron chi connectivity index (χ1n) is 4.72. The van der Waals surface area contributed by atoms with Gasteiger partial charge in [-0.25, -0.2) is 0 Å². The number of hydrogen-bond acceptors (Lipinski definition) is 3. The number of unbranched alkanes of at least 4 members (excludes halogenated alkanes) is 2. The first-order chi connectivity index (χ1) is 5.91. The summed E-state index contributed by atoms with van der Waals surface area (Å²) in [5.74, 6) is 0. The molecule has 0 heterocycles. The number of ether oxygens (including phenoxy) is 1. The molecule has 0 fully saturated rings. The smallest absolute Gasteiger partial charge is 0.0474 e. The molecule has 3 heteroatoms. The van der Waals surface area contributed by atoms with E-state index >= 15 is 0 Å². The lowest BCUT2D eigenvalue weighted by molar-refractivity contribution is 0.194. The van der Waals surface area contributed by atoms with Crippen LogP contribution in [0.1, 0.15) is 25.7 Å². The third-order valence-corrected chi connectivity index (χ3v) is 1.71. The average Bonchev–Trinajstić information content (AvgIpc) is 2.10. The van der Waals surface area contributed by atoms with Gasteiger partial charge in [0.15, 0.2) is 0 Å². The van der Waals surface area contributed by atoms with Crippen LogP contribution < -0.4 is 5.32 Å². The Balaban J connectivity index is 2.73. The van der Waals surface area contributed by atoms with Crippen LogP contribution in [-0.4, -0.2) is 38.5 Å². The van der Waals surface area contributed by atoms with Gasteiger partial charge in [-0.3, -0.25) is 0 Å². The molecule has 74 valence electrons. The van der Waals surface area contributed by atoms with E-state index in [4.69, 9.17) is 9.84 Å².